The molecule has 4 nitrogen and oxygen atoms in total. The summed E-state index contributed by atoms with van der Waals surface area (Å²) >= 11 is 0. The summed E-state index contributed by atoms with van der Waals surface area (Å²) in [6.07, 6.45) is 5.43. The van der Waals surface area contributed by atoms with Crippen molar-refractivity contribution in [3.05, 3.63) is 17.7 Å². The lowest BCUT2D eigenvalue weighted by molar-refractivity contribution is 0.344. The molecule has 21 heavy (non-hydrogen) atoms. The molecule has 0 bridgehead atoms. The van der Waals surface area contributed by atoms with Crippen molar-refractivity contribution in [2.75, 3.05) is 21.3 Å². The molecule has 1 saturated carbocycles. The van der Waals surface area contributed by atoms with Gasteiger partial charge in [-0.2, -0.15) is 0 Å². The van der Waals surface area contributed by atoms with Crippen LogP contribution in [0.15, 0.2) is 12.1 Å². The van der Waals surface area contributed by atoms with Crippen LogP contribution in [-0.2, 0) is 6.54 Å². The van der Waals surface area contributed by atoms with Gasteiger partial charge in [0.15, 0.2) is 11.5 Å². The van der Waals surface area contributed by atoms with Gasteiger partial charge in [-0.3, -0.25) is 0 Å². The highest BCUT2D eigenvalue weighted by Crippen LogP contribution is 2.35. The molecule has 1 aliphatic rings. The highest BCUT2D eigenvalue weighted by molar-refractivity contribution is 5.50. The van der Waals surface area contributed by atoms with Crippen molar-refractivity contribution in [3.8, 4) is 17.2 Å². The number of rotatable bonds is 7. The van der Waals surface area contributed by atoms with E-state index in [1.807, 2.05) is 12.1 Å². The molecular weight excluding hydrogens is 266 g/mol. The second-order valence-corrected chi connectivity index (χ2v) is 5.73. The van der Waals surface area contributed by atoms with Crippen molar-refractivity contribution in [1.82, 2.24) is 5.32 Å². The summed E-state index contributed by atoms with van der Waals surface area (Å²) in [5, 5.41) is 3.63. The van der Waals surface area contributed by atoms with Crippen LogP contribution in [0, 0.1) is 5.92 Å². The first-order chi connectivity index (χ1) is 10.2. The Labute approximate surface area is 127 Å². The van der Waals surface area contributed by atoms with E-state index in [4.69, 9.17) is 14.2 Å². The molecule has 118 valence electrons. The number of methoxy groups -OCH3 is 3. The zero-order valence-corrected chi connectivity index (χ0v) is 13.6. The van der Waals surface area contributed by atoms with Gasteiger partial charge in [0.1, 0.15) is 5.75 Å². The van der Waals surface area contributed by atoms with E-state index in [0.29, 0.717) is 11.8 Å². The first-order valence-electron chi connectivity index (χ1n) is 7.71. The SMILES string of the molecule is COc1cc(OC)c(OC)cc1CN[C@@H](C)C1CCCC1. The summed E-state index contributed by atoms with van der Waals surface area (Å²) in [5.74, 6) is 3.07. The third-order valence-corrected chi connectivity index (χ3v) is 4.51. The predicted octanol–water partition coefficient (Wildman–Crippen LogP) is 3.38. The zero-order valence-electron chi connectivity index (χ0n) is 13.6. The second-order valence-electron chi connectivity index (χ2n) is 5.73. The van der Waals surface area contributed by atoms with Gasteiger partial charge in [-0.05, 0) is 31.7 Å². The van der Waals surface area contributed by atoms with Gasteiger partial charge in [-0.1, -0.05) is 12.8 Å². The van der Waals surface area contributed by atoms with E-state index in [2.05, 4.69) is 12.2 Å². The van der Waals surface area contributed by atoms with Gasteiger partial charge in [-0.25, -0.2) is 0 Å². The highest BCUT2D eigenvalue weighted by atomic mass is 16.5. The molecule has 1 aliphatic carbocycles. The summed E-state index contributed by atoms with van der Waals surface area (Å²) in [6, 6.07) is 4.41. The molecule has 0 aliphatic heterocycles. The molecule has 0 spiro atoms. The standard InChI is InChI=1S/C17H27NO3/c1-12(13-7-5-6-8-13)18-11-14-9-16(20-3)17(21-4)10-15(14)19-2/h9-10,12-13,18H,5-8,11H2,1-4H3/t12-/m0/s1. The van der Waals surface area contributed by atoms with Gasteiger partial charge >= 0.3 is 0 Å². The predicted molar refractivity (Wildman–Crippen MR) is 84.4 cm³/mol. The minimum atomic E-state index is 0.533. The fourth-order valence-electron chi connectivity index (χ4n) is 3.13. The molecular formula is C17H27NO3. The lowest BCUT2D eigenvalue weighted by Gasteiger charge is -2.21. The second kappa shape index (κ2) is 7.55. The number of nitrogens with one attached hydrogen (secondary N) is 1. The summed E-state index contributed by atoms with van der Waals surface area (Å²) in [5.41, 5.74) is 1.10. The molecule has 2 rings (SSSR count). The smallest absolute Gasteiger partial charge is 0.164 e. The van der Waals surface area contributed by atoms with Crippen LogP contribution in [0.4, 0.5) is 0 Å². The van der Waals surface area contributed by atoms with Crippen molar-refractivity contribution in [2.45, 2.75) is 45.2 Å². The lowest BCUT2D eigenvalue weighted by Crippen LogP contribution is -2.31. The van der Waals surface area contributed by atoms with Crippen molar-refractivity contribution in [3.63, 3.8) is 0 Å². The minimum absolute atomic E-state index is 0.533. The molecule has 1 N–H and O–H groups in total. The van der Waals surface area contributed by atoms with Crippen LogP contribution in [0.3, 0.4) is 0 Å². The number of hydrogen-bond acceptors (Lipinski definition) is 4. The Morgan fingerprint density at radius 3 is 2.14 bits per heavy atom. The van der Waals surface area contributed by atoms with E-state index in [-0.39, 0.29) is 0 Å². The molecule has 0 aromatic heterocycles. The van der Waals surface area contributed by atoms with E-state index in [0.717, 1.165) is 29.5 Å². The summed E-state index contributed by atoms with van der Waals surface area (Å²) in [7, 11) is 4.98. The van der Waals surface area contributed by atoms with Crippen LogP contribution in [0.1, 0.15) is 38.2 Å². The van der Waals surface area contributed by atoms with Crippen LogP contribution in [0.5, 0.6) is 17.2 Å². The molecule has 1 atom stereocenters. The van der Waals surface area contributed by atoms with Crippen LogP contribution >= 0.6 is 0 Å². The summed E-state index contributed by atoms with van der Waals surface area (Å²) in [6.45, 7) is 3.06. The molecule has 0 radical (unpaired) electrons. The quantitative estimate of drug-likeness (QED) is 0.836. The maximum Gasteiger partial charge on any atom is 0.164 e. The Kier molecular flexibility index (Phi) is 5.74. The van der Waals surface area contributed by atoms with Crippen molar-refractivity contribution in [2.24, 2.45) is 5.92 Å². The molecule has 4 heteroatoms. The molecule has 0 unspecified atom stereocenters. The van der Waals surface area contributed by atoms with Crippen molar-refractivity contribution < 1.29 is 14.2 Å². The Morgan fingerprint density at radius 1 is 1.00 bits per heavy atom. The topological polar surface area (TPSA) is 39.7 Å². The highest BCUT2D eigenvalue weighted by Gasteiger charge is 2.21. The van der Waals surface area contributed by atoms with E-state index in [9.17, 15) is 0 Å². The van der Waals surface area contributed by atoms with E-state index in [1.54, 1.807) is 21.3 Å². The van der Waals surface area contributed by atoms with Crippen molar-refractivity contribution >= 4 is 0 Å². The maximum absolute atomic E-state index is 5.47. The average Bonchev–Trinajstić information content (AvgIpc) is 3.06. The van der Waals surface area contributed by atoms with Crippen LogP contribution in [-0.4, -0.2) is 27.4 Å². The molecule has 1 fully saturated rings. The lowest BCUT2D eigenvalue weighted by atomic mass is 9.99. The van der Waals surface area contributed by atoms with Crippen molar-refractivity contribution in [1.29, 1.82) is 0 Å². The number of hydrogen-bond donors (Lipinski definition) is 1. The Morgan fingerprint density at radius 2 is 1.57 bits per heavy atom. The molecule has 1 aromatic rings. The third kappa shape index (κ3) is 3.82. The van der Waals surface area contributed by atoms with Crippen LogP contribution < -0.4 is 19.5 Å². The van der Waals surface area contributed by atoms with Gasteiger partial charge in [0, 0.05) is 24.2 Å². The first kappa shape index (κ1) is 16.0. The van der Waals surface area contributed by atoms with Crippen LogP contribution in [0.25, 0.3) is 0 Å². The summed E-state index contributed by atoms with van der Waals surface area (Å²) < 4.78 is 16.2. The van der Waals surface area contributed by atoms with Gasteiger partial charge in [0.25, 0.3) is 0 Å². The largest absolute Gasteiger partial charge is 0.496 e. The fourth-order valence-corrected chi connectivity index (χ4v) is 3.13. The third-order valence-electron chi connectivity index (χ3n) is 4.51. The zero-order chi connectivity index (χ0) is 15.2. The van der Waals surface area contributed by atoms with Gasteiger partial charge in [0.2, 0.25) is 0 Å². The average molecular weight is 293 g/mol. The van der Waals surface area contributed by atoms with Gasteiger partial charge in [0.05, 0.1) is 21.3 Å². The molecule has 0 heterocycles. The molecule has 0 saturated heterocycles. The molecule has 1 aromatic carbocycles. The van der Waals surface area contributed by atoms with E-state index >= 15 is 0 Å². The Hall–Kier alpha value is -1.42. The van der Waals surface area contributed by atoms with E-state index < -0.39 is 0 Å². The number of benzene rings is 1. The summed E-state index contributed by atoms with van der Waals surface area (Å²) in [4.78, 5) is 0. The minimum Gasteiger partial charge on any atom is -0.496 e. The van der Waals surface area contributed by atoms with Gasteiger partial charge < -0.3 is 19.5 Å². The maximum atomic E-state index is 5.47. The normalized spacial score (nSPS) is 16.8. The first-order valence-corrected chi connectivity index (χ1v) is 7.71. The van der Waals surface area contributed by atoms with Crippen LogP contribution in [0.2, 0.25) is 0 Å². The monoisotopic (exact) mass is 293 g/mol. The Bertz CT molecular complexity index is 456. The van der Waals surface area contributed by atoms with E-state index in [1.165, 1.54) is 25.7 Å². The Balaban J connectivity index is 2.07. The molecule has 0 amide bonds. The van der Waals surface area contributed by atoms with Gasteiger partial charge in [-0.15, -0.1) is 0 Å². The fraction of sp³-hybridized carbons (Fsp3) is 0.647. The number of ether oxygens (including phenoxy) is 3.